The molecule has 0 spiro atoms. The summed E-state index contributed by atoms with van der Waals surface area (Å²) in [4.78, 5) is 0. The zero-order chi connectivity index (χ0) is 11.3. The molecule has 0 radical (unpaired) electrons. The van der Waals surface area contributed by atoms with Crippen LogP contribution in [0.2, 0.25) is 0 Å². The van der Waals surface area contributed by atoms with Crippen molar-refractivity contribution in [1.82, 2.24) is 0 Å². The predicted octanol–water partition coefficient (Wildman–Crippen LogP) is 5.04. The van der Waals surface area contributed by atoms with Crippen LogP contribution in [0.5, 0.6) is 0 Å². The Morgan fingerprint density at radius 2 is 1.73 bits per heavy atom. The Bertz CT molecular complexity index is 271. The van der Waals surface area contributed by atoms with E-state index < -0.39 is 0 Å². The third kappa shape index (κ3) is 4.51. The first kappa shape index (κ1) is 12.3. The lowest BCUT2D eigenvalue weighted by Crippen LogP contribution is -2.06. The molecular formula is C15H24. The van der Waals surface area contributed by atoms with Crippen molar-refractivity contribution in [3.63, 3.8) is 0 Å². The van der Waals surface area contributed by atoms with Gasteiger partial charge in [-0.2, -0.15) is 0 Å². The van der Waals surface area contributed by atoms with Crippen molar-refractivity contribution >= 4 is 0 Å². The van der Waals surface area contributed by atoms with E-state index in [1.54, 1.807) is 11.1 Å². The number of rotatable bonds is 2. The molecule has 0 bridgehead atoms. The van der Waals surface area contributed by atoms with Crippen LogP contribution >= 0.6 is 0 Å². The van der Waals surface area contributed by atoms with Gasteiger partial charge in [-0.15, -0.1) is 6.58 Å². The van der Waals surface area contributed by atoms with Crippen LogP contribution in [0, 0.1) is 5.41 Å². The maximum atomic E-state index is 3.78. The van der Waals surface area contributed by atoms with Crippen LogP contribution in [-0.2, 0) is 0 Å². The molecule has 0 aromatic heterocycles. The van der Waals surface area contributed by atoms with E-state index in [9.17, 15) is 0 Å². The Morgan fingerprint density at radius 1 is 1.13 bits per heavy atom. The summed E-state index contributed by atoms with van der Waals surface area (Å²) in [7, 11) is 0. The summed E-state index contributed by atoms with van der Waals surface area (Å²) in [5.74, 6) is 0. The highest BCUT2D eigenvalue weighted by molar-refractivity contribution is 5.34. The molecule has 1 saturated carbocycles. The van der Waals surface area contributed by atoms with Crippen LogP contribution in [0.15, 0.2) is 36.0 Å². The average Bonchev–Trinajstić information content (AvgIpc) is 2.14. The van der Waals surface area contributed by atoms with Gasteiger partial charge in [-0.1, -0.05) is 39.0 Å². The Labute approximate surface area is 94.8 Å². The summed E-state index contributed by atoms with van der Waals surface area (Å²) in [6, 6.07) is 0. The van der Waals surface area contributed by atoms with Crippen LogP contribution in [0.1, 0.15) is 52.9 Å². The second kappa shape index (κ2) is 5.34. The fourth-order valence-electron chi connectivity index (χ4n) is 2.10. The summed E-state index contributed by atoms with van der Waals surface area (Å²) in [6.07, 6.45) is 13.0. The molecule has 0 heteroatoms. The van der Waals surface area contributed by atoms with Crippen molar-refractivity contribution in [3.05, 3.63) is 36.0 Å². The van der Waals surface area contributed by atoms with E-state index in [1.165, 1.54) is 25.7 Å². The van der Waals surface area contributed by atoms with E-state index >= 15 is 0 Å². The first-order valence-corrected chi connectivity index (χ1v) is 6.05. The molecular weight excluding hydrogens is 180 g/mol. The molecule has 1 aliphatic carbocycles. The molecule has 1 rings (SSSR count). The number of hydrogen-bond donors (Lipinski definition) is 0. The molecule has 0 aromatic carbocycles. The molecule has 0 atom stereocenters. The number of allylic oxidation sites excluding steroid dienone is 5. The van der Waals surface area contributed by atoms with E-state index in [2.05, 4.69) is 39.5 Å². The fraction of sp³-hybridized carbons (Fsp3) is 0.600. The Hall–Kier alpha value is -0.780. The van der Waals surface area contributed by atoms with E-state index in [1.807, 2.05) is 6.08 Å². The van der Waals surface area contributed by atoms with Gasteiger partial charge in [0.05, 0.1) is 0 Å². The molecule has 0 heterocycles. The highest BCUT2D eigenvalue weighted by Gasteiger charge is 2.14. The number of hydrogen-bond acceptors (Lipinski definition) is 0. The zero-order valence-electron chi connectivity index (χ0n) is 10.5. The molecule has 0 N–H and O–H groups in total. The molecule has 0 amide bonds. The molecule has 15 heavy (non-hydrogen) atoms. The zero-order valence-corrected chi connectivity index (χ0v) is 10.5. The summed E-state index contributed by atoms with van der Waals surface area (Å²) in [6.45, 7) is 10.6. The molecule has 0 saturated heterocycles. The SMILES string of the molecule is C=CC/C=C1\CCCC\C1=C\C(C)(C)C. The van der Waals surface area contributed by atoms with Crippen molar-refractivity contribution in [2.24, 2.45) is 5.41 Å². The lowest BCUT2D eigenvalue weighted by atomic mass is 9.83. The summed E-state index contributed by atoms with van der Waals surface area (Å²) in [5.41, 5.74) is 3.45. The second-order valence-corrected chi connectivity index (χ2v) is 5.50. The molecule has 0 unspecified atom stereocenters. The van der Waals surface area contributed by atoms with Crippen molar-refractivity contribution in [2.75, 3.05) is 0 Å². The van der Waals surface area contributed by atoms with Crippen molar-refractivity contribution in [1.29, 1.82) is 0 Å². The topological polar surface area (TPSA) is 0 Å². The van der Waals surface area contributed by atoms with Gasteiger partial charge >= 0.3 is 0 Å². The van der Waals surface area contributed by atoms with Crippen molar-refractivity contribution in [3.8, 4) is 0 Å². The standard InChI is InChI=1S/C15H24/c1-5-6-9-13-10-7-8-11-14(13)12-15(2,3)4/h5,9,12H,1,6-8,10-11H2,2-4H3/b13-9+,14-12-. The highest BCUT2D eigenvalue weighted by atomic mass is 14.2. The Morgan fingerprint density at radius 3 is 2.27 bits per heavy atom. The summed E-state index contributed by atoms with van der Waals surface area (Å²) >= 11 is 0. The lowest BCUT2D eigenvalue weighted by molar-refractivity contribution is 0.532. The van der Waals surface area contributed by atoms with Gasteiger partial charge in [0, 0.05) is 0 Å². The monoisotopic (exact) mass is 204 g/mol. The maximum Gasteiger partial charge on any atom is -0.0166 e. The molecule has 84 valence electrons. The van der Waals surface area contributed by atoms with Crippen LogP contribution in [0.3, 0.4) is 0 Å². The van der Waals surface area contributed by atoms with E-state index in [4.69, 9.17) is 0 Å². The quantitative estimate of drug-likeness (QED) is 0.553. The smallest absolute Gasteiger partial charge is 0.0166 e. The fourth-order valence-corrected chi connectivity index (χ4v) is 2.10. The van der Waals surface area contributed by atoms with Gasteiger partial charge in [0.15, 0.2) is 0 Å². The lowest BCUT2D eigenvalue weighted by Gasteiger charge is -2.22. The average molecular weight is 204 g/mol. The van der Waals surface area contributed by atoms with Gasteiger partial charge in [-0.3, -0.25) is 0 Å². The van der Waals surface area contributed by atoms with Gasteiger partial charge in [-0.05, 0) is 48.7 Å². The molecule has 1 fully saturated rings. The minimum atomic E-state index is 0.305. The van der Waals surface area contributed by atoms with Crippen LogP contribution < -0.4 is 0 Å². The maximum absolute atomic E-state index is 3.78. The first-order chi connectivity index (χ1) is 7.03. The first-order valence-electron chi connectivity index (χ1n) is 6.05. The Kier molecular flexibility index (Phi) is 4.38. The van der Waals surface area contributed by atoms with Gasteiger partial charge < -0.3 is 0 Å². The third-order valence-corrected chi connectivity index (χ3v) is 2.69. The third-order valence-electron chi connectivity index (χ3n) is 2.69. The second-order valence-electron chi connectivity index (χ2n) is 5.50. The molecule has 0 aliphatic heterocycles. The van der Waals surface area contributed by atoms with Gasteiger partial charge in [0.25, 0.3) is 0 Å². The summed E-state index contributed by atoms with van der Waals surface area (Å²) < 4.78 is 0. The highest BCUT2D eigenvalue weighted by Crippen LogP contribution is 2.32. The Balaban J connectivity index is 2.83. The van der Waals surface area contributed by atoms with Gasteiger partial charge in [-0.25, -0.2) is 0 Å². The van der Waals surface area contributed by atoms with Crippen molar-refractivity contribution in [2.45, 2.75) is 52.9 Å². The van der Waals surface area contributed by atoms with Crippen LogP contribution in [-0.4, -0.2) is 0 Å². The van der Waals surface area contributed by atoms with Gasteiger partial charge in [0.1, 0.15) is 0 Å². The van der Waals surface area contributed by atoms with E-state index in [0.717, 1.165) is 6.42 Å². The predicted molar refractivity (Wildman–Crippen MR) is 68.9 cm³/mol. The van der Waals surface area contributed by atoms with Crippen LogP contribution in [0.25, 0.3) is 0 Å². The molecule has 0 nitrogen and oxygen atoms in total. The molecule has 0 aromatic rings. The molecule has 1 aliphatic rings. The van der Waals surface area contributed by atoms with Crippen molar-refractivity contribution < 1.29 is 0 Å². The minimum Gasteiger partial charge on any atom is -0.103 e. The largest absolute Gasteiger partial charge is 0.103 e. The normalized spacial score (nSPS) is 23.4. The van der Waals surface area contributed by atoms with E-state index in [0.29, 0.717) is 5.41 Å². The van der Waals surface area contributed by atoms with E-state index in [-0.39, 0.29) is 0 Å². The van der Waals surface area contributed by atoms with Crippen LogP contribution in [0.4, 0.5) is 0 Å². The van der Waals surface area contributed by atoms with Gasteiger partial charge in [0.2, 0.25) is 0 Å². The minimum absolute atomic E-state index is 0.305. The summed E-state index contributed by atoms with van der Waals surface area (Å²) in [5, 5.41) is 0.